The summed E-state index contributed by atoms with van der Waals surface area (Å²) in [6, 6.07) is 11.3. The highest BCUT2D eigenvalue weighted by Gasteiger charge is 2.41. The van der Waals surface area contributed by atoms with E-state index in [1.807, 2.05) is 0 Å². The van der Waals surface area contributed by atoms with Gasteiger partial charge in [-0.05, 0) is 35.7 Å². The number of carbonyl (C=O) groups excluding carboxylic acids is 2. The van der Waals surface area contributed by atoms with Gasteiger partial charge in [-0.15, -0.1) is 11.6 Å². The fourth-order valence-corrected chi connectivity index (χ4v) is 3.91. The molecule has 2 aliphatic rings. The summed E-state index contributed by atoms with van der Waals surface area (Å²) in [7, 11) is 0. The van der Waals surface area contributed by atoms with Crippen LogP contribution in [0.5, 0.6) is 11.5 Å². The lowest BCUT2D eigenvalue weighted by molar-refractivity contribution is -0.309. The molecule has 0 aromatic heterocycles. The number of aliphatic carboxylic acids is 1. The maximum Gasteiger partial charge on any atom is 0.254 e. The lowest BCUT2D eigenvalue weighted by Gasteiger charge is -2.43. The number of carboxylic acid groups (broad SMARTS) is 1. The molecule has 2 atom stereocenters. The van der Waals surface area contributed by atoms with Crippen LogP contribution < -0.4 is 14.6 Å². The van der Waals surface area contributed by atoms with E-state index in [1.165, 1.54) is 0 Å². The molecule has 1 amide bonds. The van der Waals surface area contributed by atoms with E-state index in [4.69, 9.17) is 21.1 Å². The van der Waals surface area contributed by atoms with Crippen molar-refractivity contribution in [1.29, 1.82) is 0 Å². The van der Waals surface area contributed by atoms with Crippen LogP contribution >= 0.6 is 11.6 Å². The van der Waals surface area contributed by atoms with Crippen LogP contribution in [0.15, 0.2) is 42.5 Å². The second-order valence-electron chi connectivity index (χ2n) is 6.48. The molecular formula is C20H17ClNO5-. The third-order valence-electron chi connectivity index (χ3n) is 4.96. The molecule has 2 aliphatic heterocycles. The van der Waals surface area contributed by atoms with E-state index in [1.54, 1.807) is 47.4 Å². The first-order valence-corrected chi connectivity index (χ1v) is 9.21. The summed E-state index contributed by atoms with van der Waals surface area (Å²) in [4.78, 5) is 26.8. The zero-order valence-corrected chi connectivity index (χ0v) is 15.1. The fourth-order valence-electron chi connectivity index (χ4n) is 3.79. The smallest absolute Gasteiger partial charge is 0.254 e. The van der Waals surface area contributed by atoms with Gasteiger partial charge in [0, 0.05) is 23.9 Å². The van der Waals surface area contributed by atoms with Crippen molar-refractivity contribution < 1.29 is 24.2 Å². The lowest BCUT2D eigenvalue weighted by atomic mass is 9.79. The van der Waals surface area contributed by atoms with Crippen LogP contribution in [0.3, 0.4) is 0 Å². The van der Waals surface area contributed by atoms with E-state index < -0.39 is 17.9 Å². The predicted molar refractivity (Wildman–Crippen MR) is 95.9 cm³/mol. The Balaban J connectivity index is 1.86. The number of nitrogens with zero attached hydrogens (tertiary/aromatic N) is 1. The van der Waals surface area contributed by atoms with Gasteiger partial charge >= 0.3 is 0 Å². The van der Waals surface area contributed by atoms with Crippen molar-refractivity contribution in [3.63, 3.8) is 0 Å². The van der Waals surface area contributed by atoms with E-state index in [2.05, 4.69) is 0 Å². The molecule has 0 bridgehead atoms. The molecule has 0 saturated heterocycles. The summed E-state index contributed by atoms with van der Waals surface area (Å²) in [6.45, 7) is 0.463. The second-order valence-corrected chi connectivity index (χ2v) is 6.86. The molecule has 2 aromatic carbocycles. The van der Waals surface area contributed by atoms with E-state index in [9.17, 15) is 14.7 Å². The molecule has 27 heavy (non-hydrogen) atoms. The van der Waals surface area contributed by atoms with Gasteiger partial charge in [-0.25, -0.2) is 0 Å². The number of benzene rings is 2. The molecule has 6 nitrogen and oxygen atoms in total. The van der Waals surface area contributed by atoms with Crippen LogP contribution in [0.25, 0.3) is 0 Å². The number of rotatable bonds is 5. The Morgan fingerprint density at radius 2 is 1.96 bits per heavy atom. The van der Waals surface area contributed by atoms with E-state index in [-0.39, 0.29) is 12.7 Å². The SMILES string of the molecule is O=C([O-])[C@@H]1c2ccccc2C(=O)N(CCCCl)[C@H]1c1ccc2c(c1)OCO2. The van der Waals surface area contributed by atoms with Crippen molar-refractivity contribution in [1.82, 2.24) is 4.90 Å². The highest BCUT2D eigenvalue weighted by atomic mass is 35.5. The van der Waals surface area contributed by atoms with Crippen molar-refractivity contribution in [3.8, 4) is 11.5 Å². The average molecular weight is 387 g/mol. The Hall–Kier alpha value is -2.73. The summed E-state index contributed by atoms with van der Waals surface area (Å²) < 4.78 is 10.8. The maximum atomic E-state index is 13.1. The standard InChI is InChI=1S/C20H18ClNO5/c21-8-3-9-22-18(12-6-7-15-16(10-12)27-11-26-15)17(20(24)25)13-4-1-2-5-14(13)19(22)23/h1-2,4-7,10,17-18H,3,8-9,11H2,(H,24,25)/p-1/t17-,18+/m1/s1. The Kier molecular flexibility index (Phi) is 4.66. The summed E-state index contributed by atoms with van der Waals surface area (Å²) in [5.41, 5.74) is 1.51. The summed E-state index contributed by atoms with van der Waals surface area (Å²) in [5, 5.41) is 12.1. The van der Waals surface area contributed by atoms with Gasteiger partial charge in [0.1, 0.15) is 0 Å². The molecule has 2 heterocycles. The van der Waals surface area contributed by atoms with Gasteiger partial charge < -0.3 is 24.3 Å². The number of hydrogen-bond donors (Lipinski definition) is 0. The van der Waals surface area contributed by atoms with Gasteiger partial charge in [0.15, 0.2) is 11.5 Å². The topological polar surface area (TPSA) is 78.9 Å². The minimum Gasteiger partial charge on any atom is -0.549 e. The number of carbonyl (C=O) groups is 2. The predicted octanol–water partition coefficient (Wildman–Crippen LogP) is 2.07. The van der Waals surface area contributed by atoms with E-state index >= 15 is 0 Å². The van der Waals surface area contributed by atoms with Gasteiger partial charge in [-0.2, -0.15) is 0 Å². The van der Waals surface area contributed by atoms with Gasteiger partial charge in [0.25, 0.3) is 5.91 Å². The molecule has 7 heteroatoms. The average Bonchev–Trinajstić information content (AvgIpc) is 3.14. The second kappa shape index (κ2) is 7.12. The number of fused-ring (bicyclic) bond motifs is 2. The third kappa shape index (κ3) is 3.00. The fraction of sp³-hybridized carbons (Fsp3) is 0.300. The molecular weight excluding hydrogens is 370 g/mol. The number of alkyl halides is 1. The molecule has 0 radical (unpaired) electrons. The van der Waals surface area contributed by atoms with E-state index in [0.717, 1.165) is 0 Å². The van der Waals surface area contributed by atoms with Gasteiger partial charge in [-0.1, -0.05) is 24.3 Å². The van der Waals surface area contributed by atoms with Crippen LogP contribution in [0, 0.1) is 0 Å². The summed E-state index contributed by atoms with van der Waals surface area (Å²) in [5.74, 6) is -0.930. The maximum absolute atomic E-state index is 13.1. The molecule has 0 fully saturated rings. The van der Waals surface area contributed by atoms with Crippen molar-refractivity contribution in [2.45, 2.75) is 18.4 Å². The van der Waals surface area contributed by atoms with Gasteiger partial charge in [0.2, 0.25) is 6.79 Å². The minimum absolute atomic E-state index is 0.116. The Labute approximate surface area is 161 Å². The highest BCUT2D eigenvalue weighted by Crippen LogP contribution is 2.45. The first kappa shape index (κ1) is 17.7. The third-order valence-corrected chi connectivity index (χ3v) is 5.23. The Morgan fingerprint density at radius 3 is 2.74 bits per heavy atom. The van der Waals surface area contributed by atoms with Crippen molar-refractivity contribution >= 4 is 23.5 Å². The molecule has 140 valence electrons. The molecule has 0 saturated carbocycles. The summed E-state index contributed by atoms with van der Waals surface area (Å²) in [6.07, 6.45) is 0.552. The summed E-state index contributed by atoms with van der Waals surface area (Å²) >= 11 is 5.83. The van der Waals surface area contributed by atoms with Crippen molar-refractivity contribution in [2.75, 3.05) is 19.2 Å². The van der Waals surface area contributed by atoms with Gasteiger partial charge in [0.05, 0.1) is 12.0 Å². The molecule has 0 spiro atoms. The Morgan fingerprint density at radius 1 is 1.19 bits per heavy atom. The highest BCUT2D eigenvalue weighted by molar-refractivity contribution is 6.17. The lowest BCUT2D eigenvalue weighted by Crippen LogP contribution is -2.48. The van der Waals surface area contributed by atoms with Crippen LogP contribution in [0.2, 0.25) is 0 Å². The van der Waals surface area contributed by atoms with Crippen LogP contribution in [-0.4, -0.2) is 36.0 Å². The van der Waals surface area contributed by atoms with Gasteiger partial charge in [-0.3, -0.25) is 4.79 Å². The minimum atomic E-state index is -1.23. The first-order valence-electron chi connectivity index (χ1n) is 8.68. The number of halogens is 1. The van der Waals surface area contributed by atoms with Crippen LogP contribution in [-0.2, 0) is 4.79 Å². The van der Waals surface area contributed by atoms with Crippen molar-refractivity contribution in [2.24, 2.45) is 0 Å². The van der Waals surface area contributed by atoms with Crippen molar-refractivity contribution in [3.05, 3.63) is 59.2 Å². The Bertz CT molecular complexity index is 900. The number of ether oxygens (including phenoxy) is 2. The largest absolute Gasteiger partial charge is 0.549 e. The number of amides is 1. The zero-order chi connectivity index (χ0) is 19.0. The molecule has 4 rings (SSSR count). The molecule has 0 aliphatic carbocycles. The first-order chi connectivity index (χ1) is 13.1. The quantitative estimate of drug-likeness (QED) is 0.735. The van der Waals surface area contributed by atoms with Crippen LogP contribution in [0.1, 0.15) is 39.9 Å². The number of carboxylic acids is 1. The normalized spacial score (nSPS) is 20.5. The zero-order valence-electron chi connectivity index (χ0n) is 14.4. The molecule has 0 N–H and O–H groups in total. The van der Waals surface area contributed by atoms with E-state index in [0.29, 0.717) is 47.0 Å². The number of hydrogen-bond acceptors (Lipinski definition) is 5. The molecule has 0 unspecified atom stereocenters. The van der Waals surface area contributed by atoms with Crippen LogP contribution in [0.4, 0.5) is 0 Å². The monoisotopic (exact) mass is 386 g/mol. The molecule has 2 aromatic rings.